The summed E-state index contributed by atoms with van der Waals surface area (Å²) in [6, 6.07) is 14.6. The molecule has 0 aliphatic carbocycles. The number of benzene rings is 2. The van der Waals surface area contributed by atoms with Crippen LogP contribution in [0.1, 0.15) is 25.8 Å². The first-order valence-electron chi connectivity index (χ1n) is 8.09. The Bertz CT molecular complexity index is 676. The molecule has 2 aromatic carbocycles. The van der Waals surface area contributed by atoms with Gasteiger partial charge >= 0.3 is 0 Å². The van der Waals surface area contributed by atoms with E-state index in [0.717, 1.165) is 25.1 Å². The highest BCUT2D eigenvalue weighted by molar-refractivity contribution is 7.80. The van der Waals surface area contributed by atoms with E-state index in [4.69, 9.17) is 17.0 Å². The van der Waals surface area contributed by atoms with Gasteiger partial charge in [-0.05, 0) is 68.7 Å². The summed E-state index contributed by atoms with van der Waals surface area (Å²) in [5.74, 6) is 0.579. The maximum absolute atomic E-state index is 13.5. The lowest BCUT2D eigenvalue weighted by Crippen LogP contribution is -2.29. The number of halogens is 1. The zero-order valence-corrected chi connectivity index (χ0v) is 14.8. The van der Waals surface area contributed by atoms with E-state index in [2.05, 4.69) is 22.8 Å². The summed E-state index contributed by atoms with van der Waals surface area (Å²) < 4.78 is 19.2. The molecule has 0 aliphatic rings. The summed E-state index contributed by atoms with van der Waals surface area (Å²) in [5, 5.41) is 6.39. The Morgan fingerprint density at radius 3 is 2.71 bits per heavy atom. The minimum atomic E-state index is -0.316. The molecule has 2 aromatic rings. The van der Waals surface area contributed by atoms with Gasteiger partial charge in [0.15, 0.2) is 5.11 Å². The average molecular weight is 346 g/mol. The SMILES string of the molecule is CC(C)Oc1cccc(CCCNC(=S)Nc2ccccc2F)c1. The number of anilines is 1. The Balaban J connectivity index is 1.73. The Morgan fingerprint density at radius 2 is 1.96 bits per heavy atom. The highest BCUT2D eigenvalue weighted by atomic mass is 32.1. The van der Waals surface area contributed by atoms with E-state index >= 15 is 0 Å². The lowest BCUT2D eigenvalue weighted by atomic mass is 10.1. The van der Waals surface area contributed by atoms with Crippen LogP contribution in [0.3, 0.4) is 0 Å². The van der Waals surface area contributed by atoms with E-state index in [1.165, 1.54) is 11.6 Å². The van der Waals surface area contributed by atoms with Crippen LogP contribution in [0.5, 0.6) is 5.75 Å². The minimum absolute atomic E-state index is 0.170. The highest BCUT2D eigenvalue weighted by Crippen LogP contribution is 2.16. The van der Waals surface area contributed by atoms with Crippen LogP contribution in [0.25, 0.3) is 0 Å². The van der Waals surface area contributed by atoms with E-state index in [9.17, 15) is 4.39 Å². The molecule has 3 nitrogen and oxygen atoms in total. The molecule has 0 amide bonds. The van der Waals surface area contributed by atoms with Crippen LogP contribution in [0.15, 0.2) is 48.5 Å². The topological polar surface area (TPSA) is 33.3 Å². The molecule has 2 N–H and O–H groups in total. The first-order valence-corrected chi connectivity index (χ1v) is 8.50. The van der Waals surface area contributed by atoms with Crippen molar-refractivity contribution in [2.75, 3.05) is 11.9 Å². The van der Waals surface area contributed by atoms with Gasteiger partial charge in [0.25, 0.3) is 0 Å². The van der Waals surface area contributed by atoms with Gasteiger partial charge in [-0.15, -0.1) is 0 Å². The van der Waals surface area contributed by atoms with Crippen molar-refractivity contribution in [3.63, 3.8) is 0 Å². The average Bonchev–Trinajstić information content (AvgIpc) is 2.53. The quantitative estimate of drug-likeness (QED) is 0.570. The van der Waals surface area contributed by atoms with Gasteiger partial charge in [-0.1, -0.05) is 24.3 Å². The monoisotopic (exact) mass is 346 g/mol. The molecular formula is C19H23FN2OS. The molecule has 0 fully saturated rings. The van der Waals surface area contributed by atoms with Crippen LogP contribution in [-0.4, -0.2) is 17.8 Å². The molecule has 0 aromatic heterocycles. The van der Waals surface area contributed by atoms with Crippen molar-refractivity contribution in [2.45, 2.75) is 32.8 Å². The molecule has 0 radical (unpaired) electrons. The van der Waals surface area contributed by atoms with Gasteiger partial charge in [0, 0.05) is 6.54 Å². The zero-order chi connectivity index (χ0) is 17.4. The van der Waals surface area contributed by atoms with Gasteiger partial charge < -0.3 is 15.4 Å². The Labute approximate surface area is 148 Å². The van der Waals surface area contributed by atoms with Crippen LogP contribution in [0.4, 0.5) is 10.1 Å². The van der Waals surface area contributed by atoms with Gasteiger partial charge in [0.2, 0.25) is 0 Å². The summed E-state index contributed by atoms with van der Waals surface area (Å²) in [6.07, 6.45) is 2.01. The Hall–Kier alpha value is -2.14. The van der Waals surface area contributed by atoms with Crippen molar-refractivity contribution in [3.05, 3.63) is 59.9 Å². The number of hydrogen-bond acceptors (Lipinski definition) is 2. The summed E-state index contributed by atoms with van der Waals surface area (Å²) in [6.45, 7) is 4.75. The van der Waals surface area contributed by atoms with E-state index < -0.39 is 0 Å². The molecule has 0 bridgehead atoms. The fourth-order valence-corrected chi connectivity index (χ4v) is 2.48. The van der Waals surface area contributed by atoms with Gasteiger partial charge in [0.1, 0.15) is 11.6 Å². The second kappa shape index (κ2) is 9.23. The third kappa shape index (κ3) is 6.16. The number of para-hydroxylation sites is 1. The van der Waals surface area contributed by atoms with Gasteiger partial charge in [-0.3, -0.25) is 0 Å². The summed E-state index contributed by atoms with van der Waals surface area (Å²) in [5.41, 5.74) is 1.61. The Morgan fingerprint density at radius 1 is 1.17 bits per heavy atom. The van der Waals surface area contributed by atoms with Crippen molar-refractivity contribution in [3.8, 4) is 5.75 Å². The third-order valence-corrected chi connectivity index (χ3v) is 3.57. The normalized spacial score (nSPS) is 10.5. The van der Waals surface area contributed by atoms with Crippen LogP contribution in [0, 0.1) is 5.82 Å². The summed E-state index contributed by atoms with van der Waals surface area (Å²) in [7, 11) is 0. The zero-order valence-electron chi connectivity index (χ0n) is 14.0. The lowest BCUT2D eigenvalue weighted by molar-refractivity contribution is 0.242. The fraction of sp³-hybridized carbons (Fsp3) is 0.316. The number of rotatable bonds is 7. The maximum Gasteiger partial charge on any atom is 0.170 e. The molecule has 5 heteroatoms. The van der Waals surface area contributed by atoms with Crippen LogP contribution in [0.2, 0.25) is 0 Å². The number of nitrogens with one attached hydrogen (secondary N) is 2. The number of thiocarbonyl (C=S) groups is 1. The molecule has 0 atom stereocenters. The van der Waals surface area contributed by atoms with Gasteiger partial charge in [0.05, 0.1) is 11.8 Å². The molecular weight excluding hydrogens is 323 g/mol. The summed E-state index contributed by atoms with van der Waals surface area (Å²) >= 11 is 5.19. The van der Waals surface area contributed by atoms with E-state index in [1.54, 1.807) is 18.2 Å². The molecule has 128 valence electrons. The number of ether oxygens (including phenoxy) is 1. The van der Waals surface area contributed by atoms with Crippen molar-refractivity contribution >= 4 is 23.0 Å². The van der Waals surface area contributed by atoms with Crippen molar-refractivity contribution in [1.82, 2.24) is 5.32 Å². The van der Waals surface area contributed by atoms with Gasteiger partial charge in [-0.2, -0.15) is 0 Å². The first kappa shape index (κ1) is 18.2. The van der Waals surface area contributed by atoms with Gasteiger partial charge in [-0.25, -0.2) is 4.39 Å². The number of hydrogen-bond donors (Lipinski definition) is 2. The van der Waals surface area contributed by atoms with Crippen LogP contribution in [-0.2, 0) is 6.42 Å². The molecule has 0 spiro atoms. The number of aryl methyl sites for hydroxylation is 1. The van der Waals surface area contributed by atoms with Crippen LogP contribution >= 0.6 is 12.2 Å². The molecule has 0 saturated carbocycles. The molecule has 24 heavy (non-hydrogen) atoms. The minimum Gasteiger partial charge on any atom is -0.491 e. The van der Waals surface area contributed by atoms with Crippen molar-refractivity contribution < 1.29 is 9.13 Å². The van der Waals surface area contributed by atoms with Crippen molar-refractivity contribution in [1.29, 1.82) is 0 Å². The lowest BCUT2D eigenvalue weighted by Gasteiger charge is -2.12. The van der Waals surface area contributed by atoms with E-state index in [1.807, 2.05) is 26.0 Å². The standard InChI is InChI=1S/C19H23FN2OS/c1-14(2)23-16-9-5-7-15(13-16)8-6-12-21-19(24)22-18-11-4-3-10-17(18)20/h3-5,7,9-11,13-14H,6,8,12H2,1-2H3,(H2,21,22,24). The maximum atomic E-state index is 13.5. The fourth-order valence-electron chi connectivity index (χ4n) is 2.27. The molecule has 0 saturated heterocycles. The summed E-state index contributed by atoms with van der Waals surface area (Å²) in [4.78, 5) is 0. The largest absolute Gasteiger partial charge is 0.491 e. The molecule has 0 heterocycles. The predicted octanol–water partition coefficient (Wildman–Crippen LogP) is 4.53. The Kier molecular flexibility index (Phi) is 7.00. The molecule has 0 unspecified atom stereocenters. The van der Waals surface area contributed by atoms with E-state index in [-0.39, 0.29) is 11.9 Å². The molecule has 0 aliphatic heterocycles. The second-order valence-corrected chi connectivity index (χ2v) is 6.19. The highest BCUT2D eigenvalue weighted by Gasteiger charge is 2.03. The second-order valence-electron chi connectivity index (χ2n) is 5.78. The van der Waals surface area contributed by atoms with Crippen molar-refractivity contribution in [2.24, 2.45) is 0 Å². The predicted molar refractivity (Wildman–Crippen MR) is 101 cm³/mol. The first-order chi connectivity index (χ1) is 11.5. The third-order valence-electron chi connectivity index (χ3n) is 3.32. The molecule has 2 rings (SSSR count). The van der Waals surface area contributed by atoms with Crippen LogP contribution < -0.4 is 15.4 Å². The smallest absolute Gasteiger partial charge is 0.170 e. The van der Waals surface area contributed by atoms with E-state index in [0.29, 0.717) is 10.8 Å².